The molecule has 2 aromatic carbocycles. The van der Waals surface area contributed by atoms with Gasteiger partial charge in [-0.05, 0) is 44.5 Å². The Hall–Kier alpha value is -1.92. The zero-order valence-electron chi connectivity index (χ0n) is 12.9. The molecular weight excluding hydrogens is 339 g/mol. The lowest BCUT2D eigenvalue weighted by atomic mass is 10.1. The number of nitrogens with zero attached hydrogens (tertiary/aromatic N) is 1. The van der Waals surface area contributed by atoms with E-state index in [0.717, 1.165) is 5.56 Å². The lowest BCUT2D eigenvalue weighted by Gasteiger charge is -2.09. The molecule has 1 N–H and O–H groups in total. The molecule has 0 saturated carbocycles. The van der Waals surface area contributed by atoms with E-state index in [-0.39, 0.29) is 21.2 Å². The van der Waals surface area contributed by atoms with Crippen molar-refractivity contribution in [1.82, 2.24) is 4.83 Å². The van der Waals surface area contributed by atoms with Crippen LogP contribution in [-0.2, 0) is 10.0 Å². The Balaban J connectivity index is 2.33. The number of sulfonamides is 1. The summed E-state index contributed by atoms with van der Waals surface area (Å²) in [7, 11) is -3.82. The summed E-state index contributed by atoms with van der Waals surface area (Å²) in [5, 5.41) is 3.99. The van der Waals surface area contributed by atoms with Gasteiger partial charge in [-0.2, -0.15) is 18.4 Å². The van der Waals surface area contributed by atoms with E-state index in [4.69, 9.17) is 11.6 Å². The van der Waals surface area contributed by atoms with Crippen molar-refractivity contribution in [3.63, 3.8) is 0 Å². The molecule has 0 saturated heterocycles. The van der Waals surface area contributed by atoms with Gasteiger partial charge in [-0.3, -0.25) is 0 Å². The van der Waals surface area contributed by atoms with Crippen LogP contribution in [0.5, 0.6) is 0 Å². The third-order valence-electron chi connectivity index (χ3n) is 3.31. The number of benzene rings is 2. The van der Waals surface area contributed by atoms with Crippen molar-refractivity contribution in [3.05, 3.63) is 63.9 Å². The number of halogens is 2. The van der Waals surface area contributed by atoms with Crippen LogP contribution in [-0.4, -0.2) is 14.1 Å². The quantitative estimate of drug-likeness (QED) is 0.670. The van der Waals surface area contributed by atoms with Crippen LogP contribution in [0.25, 0.3) is 0 Å². The van der Waals surface area contributed by atoms with Crippen LogP contribution in [0.4, 0.5) is 4.39 Å². The minimum atomic E-state index is -3.82. The molecule has 0 aliphatic heterocycles. The summed E-state index contributed by atoms with van der Waals surface area (Å²) in [6.45, 7) is 5.07. The summed E-state index contributed by atoms with van der Waals surface area (Å²) >= 11 is 6.08. The number of nitrogens with one attached hydrogen (secondary N) is 1. The molecule has 0 aliphatic rings. The van der Waals surface area contributed by atoms with E-state index in [0.29, 0.717) is 5.56 Å². The largest absolute Gasteiger partial charge is 0.276 e. The van der Waals surface area contributed by atoms with E-state index in [2.05, 4.69) is 9.93 Å². The van der Waals surface area contributed by atoms with E-state index in [1.54, 1.807) is 25.1 Å². The molecule has 0 atom stereocenters. The second-order valence-electron chi connectivity index (χ2n) is 5.16. The highest BCUT2D eigenvalue weighted by Gasteiger charge is 2.16. The Morgan fingerprint density at radius 1 is 1.13 bits per heavy atom. The molecule has 0 aromatic heterocycles. The van der Waals surface area contributed by atoms with Crippen molar-refractivity contribution in [2.24, 2.45) is 5.10 Å². The first-order chi connectivity index (χ1) is 10.7. The molecule has 0 spiro atoms. The van der Waals surface area contributed by atoms with Gasteiger partial charge in [0.1, 0.15) is 5.82 Å². The van der Waals surface area contributed by atoms with Crippen molar-refractivity contribution in [2.75, 3.05) is 0 Å². The fraction of sp³-hybridized carbons (Fsp3) is 0.188. The molecule has 2 aromatic rings. The fourth-order valence-corrected chi connectivity index (χ4v) is 3.09. The third kappa shape index (κ3) is 3.89. The summed E-state index contributed by atoms with van der Waals surface area (Å²) in [6.07, 6.45) is 0. The van der Waals surface area contributed by atoms with Crippen LogP contribution >= 0.6 is 11.6 Å². The lowest BCUT2D eigenvalue weighted by Crippen LogP contribution is -2.20. The highest BCUT2D eigenvalue weighted by molar-refractivity contribution is 7.89. The minimum absolute atomic E-state index is 0.0791. The van der Waals surface area contributed by atoms with Gasteiger partial charge in [0.25, 0.3) is 10.0 Å². The Morgan fingerprint density at radius 2 is 1.74 bits per heavy atom. The zero-order valence-corrected chi connectivity index (χ0v) is 14.5. The first-order valence-corrected chi connectivity index (χ1v) is 8.66. The van der Waals surface area contributed by atoms with Crippen LogP contribution in [0.15, 0.2) is 46.4 Å². The molecule has 7 heteroatoms. The second kappa shape index (κ2) is 6.68. The average molecular weight is 355 g/mol. The van der Waals surface area contributed by atoms with E-state index in [1.165, 1.54) is 25.1 Å². The Kier molecular flexibility index (Phi) is 5.06. The molecule has 0 amide bonds. The van der Waals surface area contributed by atoms with Crippen molar-refractivity contribution in [1.29, 1.82) is 0 Å². The first kappa shape index (κ1) is 17.4. The zero-order chi connectivity index (χ0) is 17.2. The van der Waals surface area contributed by atoms with Gasteiger partial charge in [0.2, 0.25) is 0 Å². The molecule has 0 fully saturated rings. The topological polar surface area (TPSA) is 58.5 Å². The summed E-state index contributed by atoms with van der Waals surface area (Å²) < 4.78 is 38.3. The summed E-state index contributed by atoms with van der Waals surface area (Å²) in [6, 6.07) is 9.13. The summed E-state index contributed by atoms with van der Waals surface area (Å²) in [5.41, 5.74) is 1.85. The van der Waals surface area contributed by atoms with E-state index < -0.39 is 15.8 Å². The number of hydrazone groups is 1. The number of hydrogen-bond acceptors (Lipinski definition) is 3. The van der Waals surface area contributed by atoms with Gasteiger partial charge < -0.3 is 0 Å². The molecule has 0 radical (unpaired) electrons. The molecule has 0 aliphatic carbocycles. The van der Waals surface area contributed by atoms with Gasteiger partial charge >= 0.3 is 0 Å². The fourth-order valence-electron chi connectivity index (χ4n) is 1.94. The van der Waals surface area contributed by atoms with E-state index in [1.807, 2.05) is 6.92 Å². The van der Waals surface area contributed by atoms with Gasteiger partial charge in [0.05, 0.1) is 21.2 Å². The number of rotatable bonds is 4. The molecule has 4 nitrogen and oxygen atoms in total. The number of aryl methyl sites for hydroxylation is 2. The maximum absolute atomic E-state index is 13.9. The van der Waals surface area contributed by atoms with Crippen LogP contribution in [0.2, 0.25) is 5.02 Å². The molecule has 2 rings (SSSR count). The summed E-state index contributed by atoms with van der Waals surface area (Å²) in [4.78, 5) is 2.18. The molecule has 122 valence electrons. The first-order valence-electron chi connectivity index (χ1n) is 6.80. The van der Waals surface area contributed by atoms with Gasteiger partial charge in [-0.15, -0.1) is 0 Å². The maximum Gasteiger partial charge on any atom is 0.276 e. The highest BCUT2D eigenvalue weighted by Crippen LogP contribution is 2.24. The highest BCUT2D eigenvalue weighted by atomic mass is 35.5. The molecule has 0 heterocycles. The SMILES string of the molecule is CC(=NNS(=O)(=O)c1ccc(C)cc1)c1c(F)ccc(C)c1Cl. The van der Waals surface area contributed by atoms with Gasteiger partial charge in [0, 0.05) is 0 Å². The Morgan fingerprint density at radius 3 is 2.35 bits per heavy atom. The Labute approximate surface area is 140 Å². The average Bonchev–Trinajstić information content (AvgIpc) is 2.50. The monoisotopic (exact) mass is 354 g/mol. The second-order valence-corrected chi connectivity index (χ2v) is 7.20. The van der Waals surface area contributed by atoms with E-state index in [9.17, 15) is 12.8 Å². The smallest absolute Gasteiger partial charge is 0.206 e. The van der Waals surface area contributed by atoms with Gasteiger partial charge in [-0.1, -0.05) is 35.4 Å². The van der Waals surface area contributed by atoms with Crippen molar-refractivity contribution in [3.8, 4) is 0 Å². The molecule has 23 heavy (non-hydrogen) atoms. The Bertz CT molecular complexity index is 862. The van der Waals surface area contributed by atoms with Gasteiger partial charge in [-0.25, -0.2) is 4.39 Å². The predicted molar refractivity (Wildman–Crippen MR) is 89.9 cm³/mol. The van der Waals surface area contributed by atoms with Crippen LogP contribution in [0.3, 0.4) is 0 Å². The van der Waals surface area contributed by atoms with Crippen molar-refractivity contribution < 1.29 is 12.8 Å². The minimum Gasteiger partial charge on any atom is -0.206 e. The predicted octanol–water partition coefficient (Wildman–Crippen LogP) is 3.80. The maximum atomic E-state index is 13.9. The standard InChI is InChI=1S/C16H16ClFN2O2S/c1-10-4-7-13(8-5-10)23(21,22)20-19-12(3)15-14(18)9-6-11(2)16(15)17/h4-9,20H,1-3H3. The van der Waals surface area contributed by atoms with Crippen molar-refractivity contribution >= 4 is 27.3 Å². The third-order valence-corrected chi connectivity index (χ3v) is 5.02. The molecular formula is C16H16ClFN2O2S. The van der Waals surface area contributed by atoms with Crippen LogP contribution in [0, 0.1) is 19.7 Å². The summed E-state index contributed by atoms with van der Waals surface area (Å²) in [5.74, 6) is -0.559. The van der Waals surface area contributed by atoms with Crippen LogP contribution < -0.4 is 4.83 Å². The van der Waals surface area contributed by atoms with Gasteiger partial charge in [0.15, 0.2) is 0 Å². The molecule has 0 bridgehead atoms. The van der Waals surface area contributed by atoms with Crippen molar-refractivity contribution in [2.45, 2.75) is 25.7 Å². The normalized spacial score (nSPS) is 12.3. The lowest BCUT2D eigenvalue weighted by molar-refractivity contribution is 0.584. The number of hydrogen-bond donors (Lipinski definition) is 1. The van der Waals surface area contributed by atoms with E-state index >= 15 is 0 Å². The van der Waals surface area contributed by atoms with Crippen LogP contribution in [0.1, 0.15) is 23.6 Å². The molecule has 0 unspecified atom stereocenters.